The predicted octanol–water partition coefficient (Wildman–Crippen LogP) is 4.58. The molecule has 0 radical (unpaired) electrons. The van der Waals surface area contributed by atoms with Crippen LogP contribution in [0.25, 0.3) is 11.5 Å². The highest BCUT2D eigenvalue weighted by atomic mass is 127. The number of rotatable bonds is 8. The minimum absolute atomic E-state index is 0. The van der Waals surface area contributed by atoms with Crippen molar-refractivity contribution in [3.8, 4) is 11.5 Å². The molecule has 0 aliphatic rings. The van der Waals surface area contributed by atoms with Crippen molar-refractivity contribution in [3.05, 3.63) is 77.7 Å². The van der Waals surface area contributed by atoms with Gasteiger partial charge in [-0.3, -0.25) is 4.99 Å². The first-order valence-electron chi connectivity index (χ1n) is 9.61. The number of guanidine groups is 1. The van der Waals surface area contributed by atoms with E-state index in [2.05, 4.69) is 20.6 Å². The van der Waals surface area contributed by atoms with Crippen LogP contribution in [0, 0.1) is 11.6 Å². The van der Waals surface area contributed by atoms with Crippen molar-refractivity contribution in [1.82, 2.24) is 15.6 Å². The minimum Gasteiger partial charge on any atom is -0.444 e. The highest BCUT2D eigenvalue weighted by molar-refractivity contribution is 14.0. The van der Waals surface area contributed by atoms with Crippen molar-refractivity contribution in [3.63, 3.8) is 0 Å². The maximum Gasteiger partial charge on any atom is 0.226 e. The number of aromatic nitrogens is 1. The van der Waals surface area contributed by atoms with E-state index in [1.54, 1.807) is 30.5 Å². The van der Waals surface area contributed by atoms with E-state index >= 15 is 0 Å². The summed E-state index contributed by atoms with van der Waals surface area (Å²) in [5.74, 6) is 0.637. The largest absolute Gasteiger partial charge is 0.444 e. The summed E-state index contributed by atoms with van der Waals surface area (Å²) in [6.07, 6.45) is 2.77. The fourth-order valence-electron chi connectivity index (χ4n) is 2.79. The topological polar surface area (TPSA) is 62.5 Å². The molecule has 5 nitrogen and oxygen atoms in total. The quantitative estimate of drug-likeness (QED) is 0.257. The van der Waals surface area contributed by atoms with Crippen molar-refractivity contribution in [2.45, 2.75) is 19.8 Å². The third-order valence-electron chi connectivity index (χ3n) is 4.27. The number of oxazole rings is 1. The first kappa shape index (κ1) is 23.8. The Labute approximate surface area is 192 Å². The van der Waals surface area contributed by atoms with Gasteiger partial charge in [-0.25, -0.2) is 13.8 Å². The molecule has 0 saturated heterocycles. The Hall–Kier alpha value is -2.49. The zero-order chi connectivity index (χ0) is 20.5. The van der Waals surface area contributed by atoms with E-state index in [1.807, 2.05) is 13.0 Å². The van der Waals surface area contributed by atoms with E-state index in [0.717, 1.165) is 17.8 Å². The third kappa shape index (κ3) is 7.08. The Morgan fingerprint density at radius 3 is 2.53 bits per heavy atom. The second-order valence-electron chi connectivity index (χ2n) is 6.43. The van der Waals surface area contributed by atoms with Crippen LogP contribution in [-0.2, 0) is 12.8 Å². The molecule has 0 spiro atoms. The average Bonchev–Trinajstić information content (AvgIpc) is 3.19. The van der Waals surface area contributed by atoms with Gasteiger partial charge >= 0.3 is 0 Å². The Kier molecular flexibility index (Phi) is 9.72. The van der Waals surface area contributed by atoms with Gasteiger partial charge in [0, 0.05) is 31.6 Å². The van der Waals surface area contributed by atoms with Crippen LogP contribution < -0.4 is 10.6 Å². The maximum atomic E-state index is 13.7. The summed E-state index contributed by atoms with van der Waals surface area (Å²) in [4.78, 5) is 8.95. The maximum absolute atomic E-state index is 13.7. The Morgan fingerprint density at radius 2 is 1.80 bits per heavy atom. The van der Waals surface area contributed by atoms with Gasteiger partial charge in [0.1, 0.15) is 17.9 Å². The summed E-state index contributed by atoms with van der Waals surface area (Å²) < 4.78 is 32.2. The van der Waals surface area contributed by atoms with Gasteiger partial charge in [-0.2, -0.15) is 0 Å². The van der Waals surface area contributed by atoms with Gasteiger partial charge < -0.3 is 15.1 Å². The van der Waals surface area contributed by atoms with Crippen LogP contribution in [0.15, 0.2) is 64.2 Å². The van der Waals surface area contributed by atoms with Gasteiger partial charge in [0.05, 0.1) is 5.69 Å². The molecular weight excluding hydrogens is 501 g/mol. The summed E-state index contributed by atoms with van der Waals surface area (Å²) in [7, 11) is 0. The highest BCUT2D eigenvalue weighted by Crippen LogP contribution is 2.19. The normalized spacial score (nSPS) is 11.1. The lowest BCUT2D eigenvalue weighted by Gasteiger charge is -2.11. The average molecular weight is 526 g/mol. The molecule has 3 aromatic rings. The molecule has 2 aromatic carbocycles. The smallest absolute Gasteiger partial charge is 0.226 e. The molecule has 2 N–H and O–H groups in total. The van der Waals surface area contributed by atoms with Crippen molar-refractivity contribution in [2.75, 3.05) is 19.6 Å². The molecule has 0 amide bonds. The molecule has 0 unspecified atom stereocenters. The van der Waals surface area contributed by atoms with Gasteiger partial charge in [-0.1, -0.05) is 18.2 Å². The van der Waals surface area contributed by atoms with E-state index in [0.29, 0.717) is 43.3 Å². The van der Waals surface area contributed by atoms with Crippen molar-refractivity contribution in [2.24, 2.45) is 4.99 Å². The summed E-state index contributed by atoms with van der Waals surface area (Å²) in [5, 5.41) is 6.38. The molecule has 0 fully saturated rings. The lowest BCUT2D eigenvalue weighted by atomic mass is 10.1. The molecule has 1 heterocycles. The predicted molar refractivity (Wildman–Crippen MR) is 125 cm³/mol. The van der Waals surface area contributed by atoms with Crippen LogP contribution in [0.1, 0.15) is 18.2 Å². The standard InChI is InChI=1S/C22H24F2N4O.HI/c1-2-25-22(26-13-11-16-5-3-4-6-20(16)24)27-14-12-19-15-29-21(28-19)17-7-9-18(23)10-8-17;/h3-10,15H,2,11-14H2,1H3,(H2,25,26,27);1H. The van der Waals surface area contributed by atoms with Crippen molar-refractivity contribution >= 4 is 29.9 Å². The van der Waals surface area contributed by atoms with E-state index in [1.165, 1.54) is 18.2 Å². The molecular formula is C22H25F2IN4O. The molecule has 0 aliphatic heterocycles. The molecule has 3 rings (SSSR count). The van der Waals surface area contributed by atoms with E-state index in [-0.39, 0.29) is 35.6 Å². The van der Waals surface area contributed by atoms with Crippen LogP contribution >= 0.6 is 24.0 Å². The van der Waals surface area contributed by atoms with Gasteiger partial charge in [0.25, 0.3) is 0 Å². The molecule has 8 heteroatoms. The number of nitrogens with one attached hydrogen (secondary N) is 2. The molecule has 30 heavy (non-hydrogen) atoms. The molecule has 0 aliphatic carbocycles. The van der Waals surface area contributed by atoms with Crippen LogP contribution in [0.4, 0.5) is 8.78 Å². The molecule has 160 valence electrons. The van der Waals surface area contributed by atoms with Crippen LogP contribution in [0.5, 0.6) is 0 Å². The van der Waals surface area contributed by atoms with Gasteiger partial charge in [0.2, 0.25) is 5.89 Å². The van der Waals surface area contributed by atoms with Crippen molar-refractivity contribution in [1.29, 1.82) is 0 Å². The summed E-state index contributed by atoms with van der Waals surface area (Å²) in [6.45, 7) is 3.81. The Morgan fingerprint density at radius 1 is 1.03 bits per heavy atom. The Bertz CT molecular complexity index is 944. The zero-order valence-corrected chi connectivity index (χ0v) is 19.0. The molecule has 0 atom stereocenters. The molecule has 0 saturated carbocycles. The van der Waals surface area contributed by atoms with Crippen LogP contribution in [0.3, 0.4) is 0 Å². The summed E-state index contributed by atoms with van der Waals surface area (Å²) in [6, 6.07) is 12.8. The number of benzene rings is 2. The second-order valence-corrected chi connectivity index (χ2v) is 6.43. The van der Waals surface area contributed by atoms with E-state index in [9.17, 15) is 8.78 Å². The van der Waals surface area contributed by atoms with E-state index in [4.69, 9.17) is 4.42 Å². The van der Waals surface area contributed by atoms with Gasteiger partial charge in [-0.15, -0.1) is 24.0 Å². The lowest BCUT2D eigenvalue weighted by Crippen LogP contribution is -2.38. The molecule has 0 bridgehead atoms. The van der Waals surface area contributed by atoms with Crippen molar-refractivity contribution < 1.29 is 13.2 Å². The Balaban J connectivity index is 0.00000320. The SMILES string of the molecule is CCNC(=NCCc1coc(-c2ccc(F)cc2)n1)NCCc1ccccc1F.I. The fraction of sp³-hybridized carbons (Fsp3) is 0.273. The number of aliphatic imine (C=N–C) groups is 1. The number of nitrogens with zero attached hydrogens (tertiary/aromatic N) is 2. The van der Waals surface area contributed by atoms with Gasteiger partial charge in [0.15, 0.2) is 5.96 Å². The lowest BCUT2D eigenvalue weighted by molar-refractivity contribution is 0.572. The van der Waals surface area contributed by atoms with E-state index < -0.39 is 0 Å². The van der Waals surface area contributed by atoms with Crippen LogP contribution in [0.2, 0.25) is 0 Å². The minimum atomic E-state index is -0.298. The number of hydrogen-bond acceptors (Lipinski definition) is 3. The molecule has 1 aromatic heterocycles. The monoisotopic (exact) mass is 526 g/mol. The third-order valence-corrected chi connectivity index (χ3v) is 4.27. The summed E-state index contributed by atoms with van der Waals surface area (Å²) in [5.41, 5.74) is 2.17. The zero-order valence-electron chi connectivity index (χ0n) is 16.7. The fourth-order valence-corrected chi connectivity index (χ4v) is 2.79. The highest BCUT2D eigenvalue weighted by Gasteiger charge is 2.07. The first-order valence-corrected chi connectivity index (χ1v) is 9.61. The number of hydrogen-bond donors (Lipinski definition) is 2. The van der Waals surface area contributed by atoms with Crippen LogP contribution in [-0.4, -0.2) is 30.6 Å². The first-order chi connectivity index (χ1) is 14.2. The second kappa shape index (κ2) is 12.3. The van der Waals surface area contributed by atoms with Gasteiger partial charge in [-0.05, 0) is 49.2 Å². The summed E-state index contributed by atoms with van der Waals surface area (Å²) >= 11 is 0. The number of halogens is 3.